The van der Waals surface area contributed by atoms with Crippen LogP contribution < -0.4 is 5.32 Å². The Hall–Kier alpha value is -1.82. The maximum atomic E-state index is 5.02. The van der Waals surface area contributed by atoms with Gasteiger partial charge in [-0.3, -0.25) is 9.25 Å². The summed E-state index contributed by atoms with van der Waals surface area (Å²) in [5, 5.41) is 7.47. The topological polar surface area (TPSA) is 56.9 Å². The van der Waals surface area contributed by atoms with Crippen LogP contribution in [0.15, 0.2) is 24.8 Å². The third-order valence-electron chi connectivity index (χ3n) is 2.40. The molecule has 6 heteroatoms. The van der Waals surface area contributed by atoms with Gasteiger partial charge in [-0.25, -0.2) is 4.98 Å². The minimum Gasteiger partial charge on any atom is -0.383 e. The minimum absolute atomic E-state index is 0.658. The molecule has 0 aliphatic rings. The molecule has 0 fully saturated rings. The lowest BCUT2D eigenvalue weighted by Crippen LogP contribution is -2.05. The van der Waals surface area contributed by atoms with Crippen molar-refractivity contribution in [1.29, 1.82) is 0 Å². The van der Waals surface area contributed by atoms with Gasteiger partial charge in [0.05, 0.1) is 25.0 Å². The Morgan fingerprint density at radius 1 is 1.47 bits per heavy atom. The van der Waals surface area contributed by atoms with Gasteiger partial charge >= 0.3 is 0 Å². The van der Waals surface area contributed by atoms with E-state index in [-0.39, 0.29) is 0 Å². The van der Waals surface area contributed by atoms with Crippen LogP contribution in [-0.2, 0) is 11.3 Å². The Bertz CT molecular complexity index is 462. The van der Waals surface area contributed by atoms with Gasteiger partial charge in [-0.15, -0.1) is 0 Å². The van der Waals surface area contributed by atoms with E-state index in [1.807, 2.05) is 34.8 Å². The second kappa shape index (κ2) is 5.49. The summed E-state index contributed by atoms with van der Waals surface area (Å²) in [7, 11) is 1.68. The average molecular weight is 235 g/mol. The van der Waals surface area contributed by atoms with E-state index in [0.29, 0.717) is 6.61 Å². The third kappa shape index (κ3) is 2.65. The van der Waals surface area contributed by atoms with Crippen LogP contribution in [0.3, 0.4) is 0 Å². The Morgan fingerprint density at radius 3 is 3.12 bits per heavy atom. The number of imidazole rings is 1. The van der Waals surface area contributed by atoms with Gasteiger partial charge in [0, 0.05) is 32.2 Å². The number of nitrogens with one attached hydrogen (secondary N) is 1. The molecule has 92 valence electrons. The molecule has 2 rings (SSSR count). The van der Waals surface area contributed by atoms with E-state index < -0.39 is 0 Å². The molecule has 0 aliphatic carbocycles. The predicted molar refractivity (Wildman–Crippen MR) is 65.4 cm³/mol. The summed E-state index contributed by atoms with van der Waals surface area (Å²) in [6.45, 7) is 4.29. The van der Waals surface area contributed by atoms with Crippen LogP contribution in [0.25, 0.3) is 5.69 Å². The molecule has 2 aromatic rings. The molecule has 1 N–H and O–H groups in total. The highest BCUT2D eigenvalue weighted by molar-refractivity contribution is 5.38. The van der Waals surface area contributed by atoms with Crippen LogP contribution in [0.5, 0.6) is 0 Å². The van der Waals surface area contributed by atoms with Crippen molar-refractivity contribution in [3.8, 4) is 5.69 Å². The lowest BCUT2D eigenvalue weighted by molar-refractivity contribution is 0.183. The molecule has 0 radical (unpaired) electrons. The summed E-state index contributed by atoms with van der Waals surface area (Å²) in [5.41, 5.74) is 0.995. The second-order valence-electron chi connectivity index (χ2n) is 3.61. The van der Waals surface area contributed by atoms with Crippen molar-refractivity contribution < 1.29 is 4.74 Å². The summed E-state index contributed by atoms with van der Waals surface area (Å²) in [4.78, 5) is 4.24. The molecule has 0 bridgehead atoms. The highest BCUT2D eigenvalue weighted by atomic mass is 16.5. The third-order valence-corrected chi connectivity index (χ3v) is 2.40. The summed E-state index contributed by atoms with van der Waals surface area (Å²) in [5.74, 6) is 0.832. The first-order valence-corrected chi connectivity index (χ1v) is 5.64. The Morgan fingerprint density at radius 2 is 2.35 bits per heavy atom. The van der Waals surface area contributed by atoms with Crippen LogP contribution >= 0.6 is 0 Å². The summed E-state index contributed by atoms with van der Waals surface area (Å²) >= 11 is 0. The molecule has 17 heavy (non-hydrogen) atoms. The van der Waals surface area contributed by atoms with Gasteiger partial charge in [0.1, 0.15) is 0 Å². The zero-order chi connectivity index (χ0) is 12.1. The smallest absolute Gasteiger partial charge is 0.207 e. The van der Waals surface area contributed by atoms with Gasteiger partial charge < -0.3 is 10.1 Å². The van der Waals surface area contributed by atoms with Gasteiger partial charge in [-0.05, 0) is 6.92 Å². The summed E-state index contributed by atoms with van der Waals surface area (Å²) in [6, 6.07) is 0. The maximum Gasteiger partial charge on any atom is 0.207 e. The van der Waals surface area contributed by atoms with Crippen LogP contribution in [0.1, 0.15) is 6.92 Å². The fraction of sp³-hybridized carbons (Fsp3) is 0.455. The van der Waals surface area contributed by atoms with E-state index in [9.17, 15) is 0 Å². The number of hydrogen-bond acceptors (Lipinski definition) is 4. The molecule has 0 saturated heterocycles. The van der Waals surface area contributed by atoms with Gasteiger partial charge in [-0.2, -0.15) is 5.10 Å². The Balaban J connectivity index is 2.15. The molecule has 0 aromatic carbocycles. The van der Waals surface area contributed by atoms with E-state index in [2.05, 4.69) is 15.4 Å². The minimum atomic E-state index is 0.658. The standard InChI is InChI=1S/C11H17N5O/c1-3-12-11-13-4-5-16(11)10-8-14-15(9-10)6-7-17-2/h4-5,8-9H,3,6-7H2,1-2H3,(H,12,13). The monoisotopic (exact) mass is 235 g/mol. The van der Waals surface area contributed by atoms with Crippen molar-refractivity contribution in [1.82, 2.24) is 19.3 Å². The van der Waals surface area contributed by atoms with Crippen LogP contribution in [0.4, 0.5) is 5.95 Å². The van der Waals surface area contributed by atoms with Gasteiger partial charge in [-0.1, -0.05) is 0 Å². The second-order valence-corrected chi connectivity index (χ2v) is 3.61. The average Bonchev–Trinajstić information content (AvgIpc) is 2.95. The quantitative estimate of drug-likeness (QED) is 0.816. The zero-order valence-electron chi connectivity index (χ0n) is 10.1. The largest absolute Gasteiger partial charge is 0.383 e. The van der Waals surface area contributed by atoms with Crippen LogP contribution in [-0.4, -0.2) is 39.6 Å². The molecular weight excluding hydrogens is 218 g/mol. The van der Waals surface area contributed by atoms with Crippen LogP contribution in [0, 0.1) is 0 Å². The highest BCUT2D eigenvalue weighted by Gasteiger charge is 2.05. The first-order chi connectivity index (χ1) is 8.35. The summed E-state index contributed by atoms with van der Waals surface area (Å²) < 4.78 is 8.84. The molecule has 0 atom stereocenters. The fourth-order valence-corrected chi connectivity index (χ4v) is 1.58. The Labute approximate surface area is 100 Å². The van der Waals surface area contributed by atoms with E-state index in [1.165, 1.54) is 0 Å². The van der Waals surface area contributed by atoms with Crippen molar-refractivity contribution in [2.45, 2.75) is 13.5 Å². The van der Waals surface area contributed by atoms with E-state index >= 15 is 0 Å². The van der Waals surface area contributed by atoms with Crippen molar-refractivity contribution >= 4 is 5.95 Å². The number of ether oxygens (including phenoxy) is 1. The molecular formula is C11H17N5O. The highest BCUT2D eigenvalue weighted by Crippen LogP contribution is 2.13. The van der Waals surface area contributed by atoms with Crippen LogP contribution in [0.2, 0.25) is 0 Å². The van der Waals surface area contributed by atoms with Gasteiger partial charge in [0.15, 0.2) is 0 Å². The van der Waals surface area contributed by atoms with E-state index in [0.717, 1.165) is 24.7 Å². The predicted octanol–water partition coefficient (Wildman–Crippen LogP) is 1.15. The zero-order valence-corrected chi connectivity index (χ0v) is 10.1. The molecule has 0 saturated carbocycles. The number of rotatable bonds is 6. The first kappa shape index (κ1) is 11.7. The molecule has 0 amide bonds. The van der Waals surface area contributed by atoms with Crippen molar-refractivity contribution in [3.63, 3.8) is 0 Å². The number of anilines is 1. The first-order valence-electron chi connectivity index (χ1n) is 5.64. The van der Waals surface area contributed by atoms with E-state index in [1.54, 1.807) is 13.3 Å². The normalized spacial score (nSPS) is 10.7. The van der Waals surface area contributed by atoms with Crippen molar-refractivity contribution in [2.75, 3.05) is 25.6 Å². The number of aromatic nitrogens is 4. The maximum absolute atomic E-state index is 5.02. The van der Waals surface area contributed by atoms with Gasteiger partial charge in [0.2, 0.25) is 5.95 Å². The van der Waals surface area contributed by atoms with Gasteiger partial charge in [0.25, 0.3) is 0 Å². The van der Waals surface area contributed by atoms with E-state index in [4.69, 9.17) is 4.74 Å². The molecule has 6 nitrogen and oxygen atoms in total. The number of hydrogen-bond donors (Lipinski definition) is 1. The van der Waals surface area contributed by atoms with Crippen molar-refractivity contribution in [2.24, 2.45) is 0 Å². The number of methoxy groups -OCH3 is 1. The molecule has 0 aliphatic heterocycles. The molecule has 2 heterocycles. The lowest BCUT2D eigenvalue weighted by atomic mass is 10.5. The Kier molecular flexibility index (Phi) is 3.77. The lowest BCUT2D eigenvalue weighted by Gasteiger charge is -2.05. The van der Waals surface area contributed by atoms with Crippen molar-refractivity contribution in [3.05, 3.63) is 24.8 Å². The molecule has 2 aromatic heterocycles. The number of nitrogens with zero attached hydrogens (tertiary/aromatic N) is 4. The SMILES string of the molecule is CCNc1nccn1-c1cnn(CCOC)c1. The molecule has 0 unspecified atom stereocenters. The fourth-order valence-electron chi connectivity index (χ4n) is 1.58. The summed E-state index contributed by atoms with van der Waals surface area (Å²) in [6.07, 6.45) is 7.47. The molecule has 0 spiro atoms.